The summed E-state index contributed by atoms with van der Waals surface area (Å²) in [7, 11) is 0. The predicted molar refractivity (Wildman–Crippen MR) is 103 cm³/mol. The molecule has 0 spiro atoms. The number of pyridine rings is 1. The number of fused-ring (bicyclic) bond motifs is 1. The van der Waals surface area contributed by atoms with Crippen LogP contribution in [0.4, 0.5) is 13.2 Å². The summed E-state index contributed by atoms with van der Waals surface area (Å²) in [6.45, 7) is 0. The van der Waals surface area contributed by atoms with Crippen molar-refractivity contribution < 1.29 is 18.0 Å². The van der Waals surface area contributed by atoms with E-state index in [1.165, 1.54) is 28.9 Å². The Labute approximate surface area is 174 Å². The number of nitrogens with two attached hydrogens (primary N) is 1. The smallest absolute Gasteiger partial charge is 0.366 e. The van der Waals surface area contributed by atoms with Crippen LogP contribution in [0.1, 0.15) is 33.7 Å². The molecule has 0 atom stereocenters. The molecule has 0 bridgehead atoms. The Morgan fingerprint density at radius 2 is 1.79 bits per heavy atom. The number of aromatic nitrogens is 3. The number of primary amides is 1. The average Bonchev–Trinajstić information content (AvgIpc) is 3.23. The Morgan fingerprint density at radius 1 is 1.10 bits per heavy atom. The molecule has 1 aromatic carbocycles. The molecule has 0 fully saturated rings. The molecule has 10 heteroatoms. The van der Waals surface area contributed by atoms with Gasteiger partial charge in [0.1, 0.15) is 5.69 Å². The largest absolute Gasteiger partial charge is 0.433 e. The van der Waals surface area contributed by atoms with Crippen LogP contribution in [-0.4, -0.2) is 20.7 Å². The summed E-state index contributed by atoms with van der Waals surface area (Å²) in [6, 6.07) is 7.01. The molecule has 4 rings (SSSR count). The van der Waals surface area contributed by atoms with Crippen molar-refractivity contribution in [3.05, 3.63) is 75.3 Å². The van der Waals surface area contributed by atoms with Gasteiger partial charge in [-0.05, 0) is 55.2 Å². The molecule has 152 valence electrons. The number of amides is 1. The zero-order valence-corrected chi connectivity index (χ0v) is 16.4. The van der Waals surface area contributed by atoms with Crippen molar-refractivity contribution in [1.29, 1.82) is 0 Å². The Bertz CT molecular complexity index is 1010. The fraction of sp³-hybridized carbons (Fsp3) is 0.211. The summed E-state index contributed by atoms with van der Waals surface area (Å²) in [5.74, 6) is -0.533. The molecule has 2 N–H and O–H groups in total. The van der Waals surface area contributed by atoms with Crippen molar-refractivity contribution in [1.82, 2.24) is 14.8 Å². The van der Waals surface area contributed by atoms with Gasteiger partial charge in [0.15, 0.2) is 0 Å². The molecule has 1 aliphatic rings. The van der Waals surface area contributed by atoms with E-state index in [0.29, 0.717) is 21.3 Å². The Balaban J connectivity index is 0.000000188. The number of hydrogen-bond acceptors (Lipinski definition) is 3. The van der Waals surface area contributed by atoms with E-state index in [2.05, 4.69) is 10.1 Å². The highest BCUT2D eigenvalue weighted by atomic mass is 35.5. The van der Waals surface area contributed by atoms with Gasteiger partial charge < -0.3 is 5.73 Å². The predicted octanol–water partition coefficient (Wildman–Crippen LogP) is 4.87. The van der Waals surface area contributed by atoms with Gasteiger partial charge in [0.25, 0.3) is 0 Å². The third kappa shape index (κ3) is 5.27. The zero-order valence-electron chi connectivity index (χ0n) is 14.9. The number of benzene rings is 1. The first kappa shape index (κ1) is 21.1. The SMILES string of the molecule is FC(F)(F)c1cc(-n2cc3c(n2)CCC3)ccn1.NC(=O)c1cc(Cl)cc(Cl)c1. The van der Waals surface area contributed by atoms with Crippen LogP contribution in [0.5, 0.6) is 0 Å². The van der Waals surface area contributed by atoms with E-state index in [0.717, 1.165) is 42.8 Å². The number of carbonyl (C=O) groups excluding carboxylic acids is 1. The lowest BCUT2D eigenvalue weighted by molar-refractivity contribution is -0.141. The van der Waals surface area contributed by atoms with Crippen LogP contribution < -0.4 is 5.73 Å². The molecule has 0 saturated heterocycles. The van der Waals surface area contributed by atoms with Gasteiger partial charge >= 0.3 is 6.18 Å². The maximum atomic E-state index is 12.6. The van der Waals surface area contributed by atoms with Crippen LogP contribution in [-0.2, 0) is 19.0 Å². The normalized spacial score (nSPS) is 12.9. The lowest BCUT2D eigenvalue weighted by atomic mass is 10.2. The van der Waals surface area contributed by atoms with Crippen molar-refractivity contribution in [2.45, 2.75) is 25.4 Å². The second-order valence-electron chi connectivity index (χ2n) is 6.32. The standard InChI is InChI=1S/C12H10F3N3.C7H5Cl2NO/c13-12(14,15)11-6-9(4-5-16-11)18-7-8-2-1-3-10(8)17-18;8-5-1-4(7(10)11)2-6(9)3-5/h4-7H,1-3H2;1-3H,(H2,10,11). The van der Waals surface area contributed by atoms with Crippen LogP contribution in [0.25, 0.3) is 5.69 Å². The minimum Gasteiger partial charge on any atom is -0.366 e. The summed E-state index contributed by atoms with van der Waals surface area (Å²) >= 11 is 11.2. The molecule has 5 nitrogen and oxygen atoms in total. The fourth-order valence-corrected chi connectivity index (χ4v) is 3.38. The van der Waals surface area contributed by atoms with Crippen LogP contribution in [0, 0.1) is 0 Å². The minimum atomic E-state index is -4.42. The molecule has 29 heavy (non-hydrogen) atoms. The second-order valence-corrected chi connectivity index (χ2v) is 7.19. The van der Waals surface area contributed by atoms with E-state index in [4.69, 9.17) is 28.9 Å². The molecule has 0 radical (unpaired) electrons. The molecule has 1 amide bonds. The summed E-state index contributed by atoms with van der Waals surface area (Å²) in [6.07, 6.45) is 1.46. The molecular formula is C19H15Cl2F3N4O. The number of carbonyl (C=O) groups is 1. The second kappa shape index (κ2) is 8.42. The van der Waals surface area contributed by atoms with Gasteiger partial charge in [0.2, 0.25) is 5.91 Å². The maximum absolute atomic E-state index is 12.6. The van der Waals surface area contributed by atoms with Gasteiger partial charge in [-0.15, -0.1) is 0 Å². The minimum absolute atomic E-state index is 0.322. The van der Waals surface area contributed by atoms with Gasteiger partial charge in [0, 0.05) is 28.0 Å². The first-order valence-corrected chi connectivity index (χ1v) is 9.26. The molecule has 1 aliphatic carbocycles. The number of alkyl halides is 3. The van der Waals surface area contributed by atoms with Crippen molar-refractivity contribution >= 4 is 29.1 Å². The summed E-state index contributed by atoms with van der Waals surface area (Å²) in [4.78, 5) is 13.9. The Kier molecular flexibility index (Phi) is 6.14. The van der Waals surface area contributed by atoms with Crippen LogP contribution >= 0.6 is 23.2 Å². The number of aryl methyl sites for hydroxylation is 2. The summed E-state index contributed by atoms with van der Waals surface area (Å²) < 4.78 is 39.2. The van der Waals surface area contributed by atoms with Gasteiger partial charge in [0.05, 0.1) is 11.4 Å². The monoisotopic (exact) mass is 442 g/mol. The summed E-state index contributed by atoms with van der Waals surface area (Å²) in [5, 5.41) is 5.12. The number of nitrogens with zero attached hydrogens (tertiary/aromatic N) is 3. The van der Waals surface area contributed by atoms with Crippen molar-refractivity contribution in [2.24, 2.45) is 5.73 Å². The molecule has 2 aromatic heterocycles. The highest BCUT2D eigenvalue weighted by Gasteiger charge is 2.32. The number of hydrogen-bond donors (Lipinski definition) is 1. The highest BCUT2D eigenvalue weighted by Crippen LogP contribution is 2.29. The van der Waals surface area contributed by atoms with Gasteiger partial charge in [-0.3, -0.25) is 9.78 Å². The number of halogens is 5. The van der Waals surface area contributed by atoms with Gasteiger partial charge in [-0.1, -0.05) is 23.2 Å². The lowest BCUT2D eigenvalue weighted by Crippen LogP contribution is -2.10. The molecule has 2 heterocycles. The zero-order chi connectivity index (χ0) is 21.2. The van der Waals surface area contributed by atoms with Crippen molar-refractivity contribution in [3.8, 4) is 5.69 Å². The molecule has 0 saturated carbocycles. The van der Waals surface area contributed by atoms with Gasteiger partial charge in [-0.2, -0.15) is 18.3 Å². The van der Waals surface area contributed by atoms with Crippen LogP contribution in [0.2, 0.25) is 10.0 Å². The fourth-order valence-electron chi connectivity index (χ4n) is 2.86. The van der Waals surface area contributed by atoms with E-state index < -0.39 is 17.8 Å². The quantitative estimate of drug-likeness (QED) is 0.615. The number of rotatable bonds is 2. The van der Waals surface area contributed by atoms with E-state index in [1.807, 2.05) is 0 Å². The van der Waals surface area contributed by atoms with Crippen LogP contribution in [0.15, 0.2) is 42.7 Å². The molecule has 0 aliphatic heterocycles. The molecule has 3 aromatic rings. The summed E-state index contributed by atoms with van der Waals surface area (Å²) in [5.41, 5.74) is 6.93. The molecular weight excluding hydrogens is 428 g/mol. The highest BCUT2D eigenvalue weighted by molar-refractivity contribution is 6.35. The maximum Gasteiger partial charge on any atom is 0.433 e. The molecule has 0 unspecified atom stereocenters. The van der Waals surface area contributed by atoms with E-state index in [9.17, 15) is 18.0 Å². The Hall–Kier alpha value is -2.58. The van der Waals surface area contributed by atoms with Crippen molar-refractivity contribution in [3.63, 3.8) is 0 Å². The first-order chi connectivity index (χ1) is 13.6. The van der Waals surface area contributed by atoms with Gasteiger partial charge in [-0.25, -0.2) is 4.68 Å². The Morgan fingerprint density at radius 3 is 2.38 bits per heavy atom. The van der Waals surface area contributed by atoms with E-state index >= 15 is 0 Å². The lowest BCUT2D eigenvalue weighted by Gasteiger charge is -2.07. The van der Waals surface area contributed by atoms with E-state index in [1.54, 1.807) is 6.20 Å². The van der Waals surface area contributed by atoms with Crippen molar-refractivity contribution in [2.75, 3.05) is 0 Å². The van der Waals surface area contributed by atoms with Crippen LogP contribution in [0.3, 0.4) is 0 Å². The first-order valence-electron chi connectivity index (χ1n) is 8.50. The third-order valence-electron chi connectivity index (χ3n) is 4.18. The van der Waals surface area contributed by atoms with E-state index in [-0.39, 0.29) is 0 Å². The third-order valence-corrected chi connectivity index (χ3v) is 4.62. The topological polar surface area (TPSA) is 73.8 Å². The average molecular weight is 443 g/mol.